The molecule has 29 heavy (non-hydrogen) atoms. The minimum absolute atomic E-state index is 0.0128. The predicted octanol–water partition coefficient (Wildman–Crippen LogP) is 1.23. The number of hydrogen-bond acceptors (Lipinski definition) is 7. The number of Topliss-reactive ketones (excluding diaryl/α,β-unsaturated/α-hetero) is 1. The number of piperidine rings is 1. The second kappa shape index (κ2) is 6.93. The van der Waals surface area contributed by atoms with Crippen molar-refractivity contribution in [2.24, 2.45) is 0 Å². The molecule has 9 nitrogen and oxygen atoms in total. The van der Waals surface area contributed by atoms with Crippen LogP contribution in [-0.4, -0.2) is 68.1 Å². The SMILES string of the molecule is CC(=O)c1ccc(NC(=O)CN2C3CC2CN(c2ccc4nncn4n2)C3)cc1. The van der Waals surface area contributed by atoms with Crippen LogP contribution in [0.5, 0.6) is 0 Å². The van der Waals surface area contributed by atoms with Crippen LogP contribution in [0, 0.1) is 0 Å². The smallest absolute Gasteiger partial charge is 0.238 e. The Kier molecular flexibility index (Phi) is 4.24. The van der Waals surface area contributed by atoms with Crippen molar-refractivity contribution in [2.45, 2.75) is 25.4 Å². The molecule has 0 aliphatic carbocycles. The first-order valence-corrected chi connectivity index (χ1v) is 9.65. The van der Waals surface area contributed by atoms with Gasteiger partial charge in [-0.2, -0.15) is 4.52 Å². The third-order valence-electron chi connectivity index (χ3n) is 5.72. The van der Waals surface area contributed by atoms with E-state index >= 15 is 0 Å². The van der Waals surface area contributed by atoms with Gasteiger partial charge < -0.3 is 10.2 Å². The molecular formula is C20H21N7O2. The van der Waals surface area contributed by atoms with E-state index in [0.717, 1.165) is 31.0 Å². The van der Waals surface area contributed by atoms with E-state index in [0.29, 0.717) is 29.9 Å². The molecule has 0 radical (unpaired) electrons. The second-order valence-corrected chi connectivity index (χ2v) is 7.63. The van der Waals surface area contributed by atoms with Gasteiger partial charge in [0.2, 0.25) is 5.91 Å². The van der Waals surface area contributed by atoms with E-state index in [1.807, 2.05) is 12.1 Å². The molecule has 2 bridgehead atoms. The molecule has 3 aliphatic rings. The van der Waals surface area contributed by atoms with Gasteiger partial charge in [0, 0.05) is 36.4 Å². The normalized spacial score (nSPS) is 21.1. The van der Waals surface area contributed by atoms with Crippen molar-refractivity contribution in [3.8, 4) is 0 Å². The Hall–Kier alpha value is -3.33. The lowest BCUT2D eigenvalue weighted by molar-refractivity contribution is -0.121. The van der Waals surface area contributed by atoms with Gasteiger partial charge in [0.05, 0.1) is 6.54 Å². The quantitative estimate of drug-likeness (QED) is 0.654. The number of anilines is 2. The fraction of sp³-hybridized carbons (Fsp3) is 0.350. The maximum absolute atomic E-state index is 12.5. The van der Waals surface area contributed by atoms with Gasteiger partial charge >= 0.3 is 0 Å². The summed E-state index contributed by atoms with van der Waals surface area (Å²) in [5.74, 6) is 0.883. The second-order valence-electron chi connectivity index (χ2n) is 7.63. The van der Waals surface area contributed by atoms with Crippen LogP contribution in [0.3, 0.4) is 0 Å². The molecule has 1 amide bonds. The molecule has 2 atom stereocenters. The van der Waals surface area contributed by atoms with Gasteiger partial charge in [0.15, 0.2) is 11.4 Å². The van der Waals surface area contributed by atoms with Crippen molar-refractivity contribution >= 4 is 28.8 Å². The first kappa shape index (κ1) is 17.7. The van der Waals surface area contributed by atoms with Crippen LogP contribution in [0.2, 0.25) is 0 Å². The van der Waals surface area contributed by atoms with Crippen LogP contribution in [0.4, 0.5) is 11.5 Å². The minimum atomic E-state index is -0.0345. The molecule has 3 aliphatic heterocycles. The summed E-state index contributed by atoms with van der Waals surface area (Å²) in [6.07, 6.45) is 2.70. The zero-order valence-electron chi connectivity index (χ0n) is 16.0. The van der Waals surface area contributed by atoms with E-state index in [4.69, 9.17) is 0 Å². The standard InChI is InChI=1S/C20H21N7O2/c1-13(28)14-2-4-15(5-3-14)22-20(29)11-26-16-8-17(26)10-25(9-16)19-7-6-18-23-21-12-27(18)24-19/h2-7,12,16-17H,8-11H2,1H3,(H,22,29). The Balaban J connectivity index is 1.19. The van der Waals surface area contributed by atoms with E-state index in [2.05, 4.69) is 30.4 Å². The molecule has 3 saturated heterocycles. The van der Waals surface area contributed by atoms with Crippen LogP contribution in [0.25, 0.3) is 5.65 Å². The van der Waals surface area contributed by atoms with Crippen LogP contribution in [0.1, 0.15) is 23.7 Å². The molecule has 2 unspecified atom stereocenters. The van der Waals surface area contributed by atoms with Gasteiger partial charge in [0.25, 0.3) is 0 Å². The highest BCUT2D eigenvalue weighted by atomic mass is 16.2. The Morgan fingerprint density at radius 1 is 1.10 bits per heavy atom. The van der Waals surface area contributed by atoms with Crippen LogP contribution >= 0.6 is 0 Å². The lowest BCUT2D eigenvalue weighted by Gasteiger charge is -2.56. The third kappa shape index (κ3) is 3.33. The van der Waals surface area contributed by atoms with Gasteiger partial charge in [-0.3, -0.25) is 14.5 Å². The van der Waals surface area contributed by atoms with Crippen molar-refractivity contribution in [1.82, 2.24) is 24.7 Å². The Bertz CT molecular complexity index is 1070. The first-order chi connectivity index (χ1) is 14.1. The number of carbonyl (C=O) groups is 2. The van der Waals surface area contributed by atoms with E-state index in [-0.39, 0.29) is 11.7 Å². The van der Waals surface area contributed by atoms with Crippen molar-refractivity contribution in [3.05, 3.63) is 48.3 Å². The molecule has 3 aromatic rings. The molecule has 0 saturated carbocycles. The van der Waals surface area contributed by atoms with E-state index in [9.17, 15) is 9.59 Å². The first-order valence-electron chi connectivity index (χ1n) is 9.65. The number of benzene rings is 1. The average molecular weight is 391 g/mol. The van der Waals surface area contributed by atoms with Gasteiger partial charge in [-0.15, -0.1) is 15.3 Å². The number of nitrogens with one attached hydrogen (secondary N) is 1. The summed E-state index contributed by atoms with van der Waals surface area (Å²) in [7, 11) is 0. The number of ketones is 1. The summed E-state index contributed by atoms with van der Waals surface area (Å²) in [5.41, 5.74) is 2.07. The number of fused-ring (bicyclic) bond motifs is 3. The fourth-order valence-electron chi connectivity index (χ4n) is 4.17. The topological polar surface area (TPSA) is 95.7 Å². The summed E-state index contributed by atoms with van der Waals surface area (Å²) in [6, 6.07) is 11.6. The van der Waals surface area contributed by atoms with Gasteiger partial charge in [0.1, 0.15) is 12.1 Å². The van der Waals surface area contributed by atoms with Crippen molar-refractivity contribution in [2.75, 3.05) is 29.9 Å². The number of carbonyl (C=O) groups excluding carboxylic acids is 2. The maximum Gasteiger partial charge on any atom is 0.238 e. The number of piperazine rings is 1. The molecule has 5 heterocycles. The number of nitrogens with zero attached hydrogens (tertiary/aromatic N) is 6. The van der Waals surface area contributed by atoms with Crippen LogP contribution in [0.15, 0.2) is 42.7 Å². The van der Waals surface area contributed by atoms with Gasteiger partial charge in [-0.05, 0) is 49.7 Å². The minimum Gasteiger partial charge on any atom is -0.352 e. The summed E-state index contributed by atoms with van der Waals surface area (Å²) >= 11 is 0. The monoisotopic (exact) mass is 391 g/mol. The van der Waals surface area contributed by atoms with Crippen molar-refractivity contribution < 1.29 is 9.59 Å². The largest absolute Gasteiger partial charge is 0.352 e. The molecule has 0 spiro atoms. The van der Waals surface area contributed by atoms with Gasteiger partial charge in [-0.1, -0.05) is 0 Å². The predicted molar refractivity (Wildman–Crippen MR) is 107 cm³/mol. The Labute approximate surface area is 167 Å². The van der Waals surface area contributed by atoms with E-state index < -0.39 is 0 Å². The summed E-state index contributed by atoms with van der Waals surface area (Å²) in [6.45, 7) is 3.59. The van der Waals surface area contributed by atoms with E-state index in [1.165, 1.54) is 6.92 Å². The molecule has 6 rings (SSSR count). The Morgan fingerprint density at radius 2 is 1.86 bits per heavy atom. The lowest BCUT2D eigenvalue weighted by atomic mass is 9.87. The molecule has 1 aromatic carbocycles. The number of hydrogen-bond donors (Lipinski definition) is 1. The molecule has 148 valence electrons. The van der Waals surface area contributed by atoms with Gasteiger partial charge in [-0.25, -0.2) is 0 Å². The zero-order valence-corrected chi connectivity index (χ0v) is 16.0. The molecule has 2 aromatic heterocycles. The fourth-order valence-corrected chi connectivity index (χ4v) is 4.17. The molecule has 9 heteroatoms. The van der Waals surface area contributed by atoms with E-state index in [1.54, 1.807) is 35.1 Å². The Morgan fingerprint density at radius 3 is 2.59 bits per heavy atom. The maximum atomic E-state index is 12.5. The molecular weight excluding hydrogens is 370 g/mol. The van der Waals surface area contributed by atoms with Crippen molar-refractivity contribution in [3.63, 3.8) is 0 Å². The number of amides is 1. The number of rotatable bonds is 5. The summed E-state index contributed by atoms with van der Waals surface area (Å²) in [5, 5.41) is 15.3. The average Bonchev–Trinajstić information content (AvgIpc) is 3.20. The highest BCUT2D eigenvalue weighted by molar-refractivity contribution is 5.96. The molecule has 1 N–H and O–H groups in total. The molecule has 3 fully saturated rings. The highest BCUT2D eigenvalue weighted by Crippen LogP contribution is 2.33. The zero-order chi connectivity index (χ0) is 20.0. The summed E-state index contributed by atoms with van der Waals surface area (Å²) in [4.78, 5) is 28.3. The number of aromatic nitrogens is 4. The van der Waals surface area contributed by atoms with Crippen LogP contribution in [-0.2, 0) is 4.79 Å². The lowest BCUT2D eigenvalue weighted by Crippen LogP contribution is -2.69. The van der Waals surface area contributed by atoms with Crippen molar-refractivity contribution in [1.29, 1.82) is 0 Å². The summed E-state index contributed by atoms with van der Waals surface area (Å²) < 4.78 is 1.68. The highest BCUT2D eigenvalue weighted by Gasteiger charge is 2.45. The van der Waals surface area contributed by atoms with Crippen LogP contribution < -0.4 is 10.2 Å². The third-order valence-corrected chi connectivity index (χ3v) is 5.72.